The normalized spacial score (nSPS) is 13.3. The van der Waals surface area contributed by atoms with E-state index in [4.69, 9.17) is 21.1 Å². The van der Waals surface area contributed by atoms with Crippen LogP contribution >= 0.6 is 11.6 Å². The molecule has 0 bridgehead atoms. The molecule has 3 rings (SSSR count). The van der Waals surface area contributed by atoms with E-state index in [0.29, 0.717) is 18.8 Å². The Labute approximate surface area is 138 Å². The zero-order valence-corrected chi connectivity index (χ0v) is 13.7. The van der Waals surface area contributed by atoms with Crippen LogP contribution in [0.1, 0.15) is 5.56 Å². The van der Waals surface area contributed by atoms with Crippen LogP contribution in [0.25, 0.3) is 0 Å². The summed E-state index contributed by atoms with van der Waals surface area (Å²) >= 11 is 5.95. The average Bonchev–Trinajstić information content (AvgIpc) is 2.87. The molecule has 122 valence electrons. The maximum absolute atomic E-state index is 13.1. The standard InChI is InChI=1S/C15H13ClFNO4S/c1-23(19,20)18-12-8-14-9(4-5-21-14)6-15(12)22-13-3-2-10(17)7-11(13)16/h2-3,6-8,18H,4-5H2,1H3. The summed E-state index contributed by atoms with van der Waals surface area (Å²) in [5.41, 5.74) is 1.13. The van der Waals surface area contributed by atoms with Gasteiger partial charge < -0.3 is 9.47 Å². The number of rotatable bonds is 4. The zero-order valence-electron chi connectivity index (χ0n) is 12.1. The zero-order chi connectivity index (χ0) is 16.6. The van der Waals surface area contributed by atoms with Crippen molar-refractivity contribution in [1.29, 1.82) is 0 Å². The lowest BCUT2D eigenvalue weighted by molar-refractivity contribution is 0.357. The van der Waals surface area contributed by atoms with Crippen LogP contribution in [0.4, 0.5) is 10.1 Å². The van der Waals surface area contributed by atoms with Crippen LogP contribution in [0.5, 0.6) is 17.2 Å². The molecule has 8 heteroatoms. The maximum atomic E-state index is 13.1. The fraction of sp³-hybridized carbons (Fsp3) is 0.200. The molecule has 0 amide bonds. The molecule has 0 unspecified atom stereocenters. The van der Waals surface area contributed by atoms with Gasteiger partial charge in [-0.1, -0.05) is 11.6 Å². The van der Waals surface area contributed by atoms with Gasteiger partial charge >= 0.3 is 0 Å². The van der Waals surface area contributed by atoms with Gasteiger partial charge in [-0.05, 0) is 24.3 Å². The van der Waals surface area contributed by atoms with Crippen LogP contribution in [0.2, 0.25) is 5.02 Å². The molecular weight excluding hydrogens is 345 g/mol. The highest BCUT2D eigenvalue weighted by molar-refractivity contribution is 7.92. The first-order valence-electron chi connectivity index (χ1n) is 6.72. The van der Waals surface area contributed by atoms with E-state index in [9.17, 15) is 12.8 Å². The van der Waals surface area contributed by atoms with E-state index in [1.54, 1.807) is 12.1 Å². The third-order valence-corrected chi connectivity index (χ3v) is 4.09. The fourth-order valence-electron chi connectivity index (χ4n) is 2.24. The van der Waals surface area contributed by atoms with Gasteiger partial charge in [0.1, 0.15) is 17.3 Å². The van der Waals surface area contributed by atoms with Crippen LogP contribution < -0.4 is 14.2 Å². The van der Waals surface area contributed by atoms with Crippen LogP contribution in [-0.2, 0) is 16.4 Å². The first-order valence-corrected chi connectivity index (χ1v) is 8.99. The summed E-state index contributed by atoms with van der Waals surface area (Å²) in [6.45, 7) is 0.522. The second kappa shape index (κ2) is 5.90. The van der Waals surface area contributed by atoms with Crippen molar-refractivity contribution in [3.8, 4) is 17.2 Å². The first-order chi connectivity index (χ1) is 10.8. The summed E-state index contributed by atoms with van der Waals surface area (Å²) in [6.07, 6.45) is 1.73. The topological polar surface area (TPSA) is 64.6 Å². The van der Waals surface area contributed by atoms with Crippen molar-refractivity contribution in [3.05, 3.63) is 46.7 Å². The van der Waals surface area contributed by atoms with Gasteiger partial charge in [0.25, 0.3) is 0 Å². The molecule has 0 spiro atoms. The lowest BCUT2D eigenvalue weighted by atomic mass is 10.1. The van der Waals surface area contributed by atoms with Crippen LogP contribution in [0.15, 0.2) is 30.3 Å². The van der Waals surface area contributed by atoms with E-state index in [0.717, 1.165) is 17.9 Å². The molecule has 0 aliphatic carbocycles. The highest BCUT2D eigenvalue weighted by Gasteiger charge is 2.19. The van der Waals surface area contributed by atoms with Gasteiger partial charge in [-0.2, -0.15) is 0 Å². The minimum atomic E-state index is -3.50. The van der Waals surface area contributed by atoms with E-state index in [-0.39, 0.29) is 22.2 Å². The van der Waals surface area contributed by atoms with Gasteiger partial charge in [0.05, 0.1) is 23.6 Å². The molecule has 2 aromatic carbocycles. The largest absolute Gasteiger partial charge is 0.493 e. The highest BCUT2D eigenvalue weighted by atomic mass is 35.5. The van der Waals surface area contributed by atoms with Gasteiger partial charge in [0.15, 0.2) is 5.75 Å². The van der Waals surface area contributed by atoms with Gasteiger partial charge in [-0.25, -0.2) is 12.8 Å². The van der Waals surface area contributed by atoms with Crippen molar-refractivity contribution in [2.75, 3.05) is 17.6 Å². The number of anilines is 1. The summed E-state index contributed by atoms with van der Waals surface area (Å²) in [4.78, 5) is 0. The second-order valence-electron chi connectivity index (χ2n) is 5.11. The Hall–Kier alpha value is -1.99. The molecule has 1 aliphatic rings. The lowest BCUT2D eigenvalue weighted by Crippen LogP contribution is -2.10. The quantitative estimate of drug-likeness (QED) is 0.908. The van der Waals surface area contributed by atoms with E-state index in [1.165, 1.54) is 12.1 Å². The number of nitrogens with one attached hydrogen (secondary N) is 1. The van der Waals surface area contributed by atoms with Crippen LogP contribution in [0, 0.1) is 5.82 Å². The van der Waals surface area contributed by atoms with Crippen molar-refractivity contribution >= 4 is 27.3 Å². The molecule has 0 fully saturated rings. The molecule has 2 aromatic rings. The number of hydrogen-bond donors (Lipinski definition) is 1. The molecule has 1 aliphatic heterocycles. The Kier molecular flexibility index (Phi) is 4.08. The van der Waals surface area contributed by atoms with E-state index in [1.807, 2.05) is 0 Å². The Morgan fingerprint density at radius 1 is 1.26 bits per heavy atom. The third-order valence-electron chi connectivity index (χ3n) is 3.20. The van der Waals surface area contributed by atoms with Crippen LogP contribution in [0.3, 0.4) is 0 Å². The molecule has 5 nitrogen and oxygen atoms in total. The molecule has 0 saturated carbocycles. The van der Waals surface area contributed by atoms with Crippen molar-refractivity contribution in [1.82, 2.24) is 0 Å². The molecule has 0 aromatic heterocycles. The number of hydrogen-bond acceptors (Lipinski definition) is 4. The SMILES string of the molecule is CS(=O)(=O)Nc1cc2c(cc1Oc1ccc(F)cc1Cl)CCO2. The number of halogens is 2. The molecule has 0 radical (unpaired) electrons. The van der Waals surface area contributed by atoms with Crippen molar-refractivity contribution in [2.24, 2.45) is 0 Å². The minimum Gasteiger partial charge on any atom is -0.493 e. The molecule has 0 atom stereocenters. The summed E-state index contributed by atoms with van der Waals surface area (Å²) in [6, 6.07) is 6.97. The van der Waals surface area contributed by atoms with Gasteiger partial charge in [-0.3, -0.25) is 4.72 Å². The highest BCUT2D eigenvalue weighted by Crippen LogP contribution is 2.40. The number of sulfonamides is 1. The second-order valence-corrected chi connectivity index (χ2v) is 7.26. The summed E-state index contributed by atoms with van der Waals surface area (Å²) in [5, 5.41) is 0.0899. The number of benzene rings is 2. The Morgan fingerprint density at radius 2 is 2.04 bits per heavy atom. The predicted molar refractivity (Wildman–Crippen MR) is 85.6 cm³/mol. The fourth-order valence-corrected chi connectivity index (χ4v) is 3.01. The van der Waals surface area contributed by atoms with Crippen molar-refractivity contribution < 1.29 is 22.3 Å². The van der Waals surface area contributed by atoms with Gasteiger partial charge in [0, 0.05) is 18.1 Å². The van der Waals surface area contributed by atoms with E-state index >= 15 is 0 Å². The molecular formula is C15H13ClFNO4S. The van der Waals surface area contributed by atoms with Gasteiger partial charge in [-0.15, -0.1) is 0 Å². The van der Waals surface area contributed by atoms with E-state index < -0.39 is 15.8 Å². The van der Waals surface area contributed by atoms with Gasteiger partial charge in [0.2, 0.25) is 10.0 Å². The number of ether oxygens (including phenoxy) is 2. The average molecular weight is 358 g/mol. The Balaban J connectivity index is 2.02. The molecule has 1 heterocycles. The smallest absolute Gasteiger partial charge is 0.229 e. The van der Waals surface area contributed by atoms with E-state index in [2.05, 4.69) is 4.72 Å². The summed E-state index contributed by atoms with van der Waals surface area (Å²) < 4.78 is 49.7. The Bertz CT molecular complexity index is 870. The van der Waals surface area contributed by atoms with Crippen LogP contribution in [-0.4, -0.2) is 21.3 Å². The summed E-state index contributed by atoms with van der Waals surface area (Å²) in [7, 11) is -3.50. The summed E-state index contributed by atoms with van der Waals surface area (Å²) in [5.74, 6) is 0.615. The monoisotopic (exact) mass is 357 g/mol. The molecule has 1 N–H and O–H groups in total. The first kappa shape index (κ1) is 15.9. The predicted octanol–water partition coefficient (Wildman–Crippen LogP) is 3.58. The van der Waals surface area contributed by atoms with Crippen molar-refractivity contribution in [3.63, 3.8) is 0 Å². The minimum absolute atomic E-state index is 0.0899. The molecule has 23 heavy (non-hydrogen) atoms. The number of fused-ring (bicyclic) bond motifs is 1. The maximum Gasteiger partial charge on any atom is 0.229 e. The van der Waals surface area contributed by atoms with Crippen molar-refractivity contribution in [2.45, 2.75) is 6.42 Å². The lowest BCUT2D eigenvalue weighted by Gasteiger charge is -2.14. The molecule has 0 saturated heterocycles. The Morgan fingerprint density at radius 3 is 2.74 bits per heavy atom. The third kappa shape index (κ3) is 3.68.